The number of hydrogen-bond acceptors (Lipinski definition) is 2. The van der Waals surface area contributed by atoms with E-state index in [2.05, 4.69) is 0 Å². The number of halogens is 5. The Bertz CT molecular complexity index is 210. The second kappa shape index (κ2) is 5.62. The Hall–Kier alpha value is 0.790. The quantitative estimate of drug-likeness (QED) is 0.587. The maximum atomic E-state index is 10.7. The van der Waals surface area contributed by atoms with Gasteiger partial charge >= 0.3 is 0 Å². The second-order valence-electron chi connectivity index (χ2n) is 2.38. The van der Waals surface area contributed by atoms with Crippen LogP contribution in [0.2, 0.25) is 0 Å². The molecule has 76 valence electrons. The summed E-state index contributed by atoms with van der Waals surface area (Å²) < 4.78 is -1.61. The zero-order chi connectivity index (χ0) is 10.6. The molecule has 0 aliphatic heterocycles. The van der Waals surface area contributed by atoms with Crippen LogP contribution in [-0.4, -0.2) is 14.3 Å². The fourth-order valence-electron chi connectivity index (χ4n) is 0.706. The van der Waals surface area contributed by atoms with Crippen LogP contribution in [0.25, 0.3) is 0 Å². The third-order valence-electron chi connectivity index (χ3n) is 1.21. The van der Waals surface area contributed by atoms with Crippen molar-refractivity contribution in [2.24, 2.45) is 5.92 Å². The van der Waals surface area contributed by atoms with Crippen molar-refractivity contribution in [2.75, 3.05) is 0 Å². The Balaban J connectivity index is 4.27. The topological polar surface area (TPSA) is 34.1 Å². The fraction of sp³-hybridized carbons (Fsp3) is 0.667. The zero-order valence-electron chi connectivity index (χ0n) is 6.20. The van der Waals surface area contributed by atoms with E-state index in [4.69, 9.17) is 58.0 Å². The molecule has 0 aromatic rings. The van der Waals surface area contributed by atoms with E-state index in [1.54, 1.807) is 0 Å². The van der Waals surface area contributed by atoms with Crippen LogP contribution in [0.3, 0.4) is 0 Å². The summed E-state index contributed by atoms with van der Waals surface area (Å²) in [5.74, 6) is -0.848. The van der Waals surface area contributed by atoms with Gasteiger partial charge in [0, 0.05) is 18.8 Å². The van der Waals surface area contributed by atoms with Gasteiger partial charge in [-0.1, -0.05) is 34.8 Å². The van der Waals surface area contributed by atoms with E-state index >= 15 is 0 Å². The summed E-state index contributed by atoms with van der Waals surface area (Å²) in [6.07, 6.45) is -0.351. The first-order chi connectivity index (χ1) is 5.72. The lowest BCUT2D eigenvalue weighted by atomic mass is 10.1. The minimum absolute atomic E-state index is 0.127. The maximum absolute atomic E-state index is 10.7. The van der Waals surface area contributed by atoms with Crippen molar-refractivity contribution in [1.82, 2.24) is 0 Å². The van der Waals surface area contributed by atoms with E-state index in [1.807, 2.05) is 0 Å². The van der Waals surface area contributed by atoms with E-state index in [0.29, 0.717) is 0 Å². The molecule has 1 atom stereocenters. The lowest BCUT2D eigenvalue weighted by Crippen LogP contribution is -2.19. The Morgan fingerprint density at radius 3 is 1.85 bits per heavy atom. The first-order valence-electron chi connectivity index (χ1n) is 3.17. The maximum Gasteiger partial charge on any atom is 0.225 e. The van der Waals surface area contributed by atoms with Gasteiger partial charge in [-0.3, -0.25) is 9.59 Å². The molecule has 1 unspecified atom stereocenters. The molecule has 0 saturated heterocycles. The normalized spacial score (nSPS) is 13.9. The van der Waals surface area contributed by atoms with Gasteiger partial charge in [0.15, 0.2) is 3.79 Å². The third kappa shape index (κ3) is 7.83. The molecule has 0 bridgehead atoms. The largest absolute Gasteiger partial charge is 0.281 e. The van der Waals surface area contributed by atoms with Crippen LogP contribution in [-0.2, 0) is 9.59 Å². The summed E-state index contributed by atoms with van der Waals surface area (Å²) in [5.41, 5.74) is 0. The fourth-order valence-corrected chi connectivity index (χ4v) is 1.61. The van der Waals surface area contributed by atoms with Gasteiger partial charge in [0.1, 0.15) is 0 Å². The van der Waals surface area contributed by atoms with Gasteiger partial charge in [-0.15, -0.1) is 0 Å². The average molecular weight is 286 g/mol. The minimum atomic E-state index is -1.61. The summed E-state index contributed by atoms with van der Waals surface area (Å²) in [5, 5.41) is -1.42. The Morgan fingerprint density at radius 2 is 1.62 bits per heavy atom. The van der Waals surface area contributed by atoms with Crippen LogP contribution in [0, 0.1) is 5.92 Å². The standard InChI is InChI=1S/C6H5Cl5O2/c7-4(12)1-3(5(8)13)2-6(9,10)11/h3H,1-2H2. The van der Waals surface area contributed by atoms with Crippen molar-refractivity contribution in [2.45, 2.75) is 16.6 Å². The highest BCUT2D eigenvalue weighted by Crippen LogP contribution is 2.35. The highest BCUT2D eigenvalue weighted by Gasteiger charge is 2.30. The minimum Gasteiger partial charge on any atom is -0.281 e. The van der Waals surface area contributed by atoms with Crippen molar-refractivity contribution >= 4 is 68.5 Å². The first-order valence-corrected chi connectivity index (χ1v) is 5.06. The molecule has 13 heavy (non-hydrogen) atoms. The smallest absolute Gasteiger partial charge is 0.225 e. The Morgan fingerprint density at radius 1 is 1.15 bits per heavy atom. The summed E-state index contributed by atoms with van der Waals surface area (Å²) >= 11 is 26.5. The van der Waals surface area contributed by atoms with Crippen LogP contribution in [0.15, 0.2) is 0 Å². The molecule has 7 heteroatoms. The lowest BCUT2D eigenvalue weighted by Gasteiger charge is -2.15. The van der Waals surface area contributed by atoms with E-state index in [-0.39, 0.29) is 12.8 Å². The third-order valence-corrected chi connectivity index (χ3v) is 2.13. The van der Waals surface area contributed by atoms with Gasteiger partial charge in [-0.2, -0.15) is 0 Å². The van der Waals surface area contributed by atoms with E-state index in [0.717, 1.165) is 0 Å². The molecule has 0 heterocycles. The van der Waals surface area contributed by atoms with E-state index < -0.39 is 20.2 Å². The number of carbonyl (C=O) groups excluding carboxylic acids is 2. The molecule has 0 radical (unpaired) electrons. The molecular weight excluding hydrogens is 281 g/mol. The molecule has 0 amide bonds. The zero-order valence-corrected chi connectivity index (χ0v) is 9.98. The Labute approximate surface area is 100 Å². The van der Waals surface area contributed by atoms with Crippen molar-refractivity contribution in [3.8, 4) is 0 Å². The van der Waals surface area contributed by atoms with Gasteiger partial charge in [0.05, 0.1) is 0 Å². The van der Waals surface area contributed by atoms with Crippen LogP contribution in [0.5, 0.6) is 0 Å². The number of hydrogen-bond donors (Lipinski definition) is 0. The molecule has 0 aromatic carbocycles. The average Bonchev–Trinajstić information content (AvgIpc) is 1.81. The SMILES string of the molecule is O=C(Cl)CC(CC(Cl)(Cl)Cl)C(=O)Cl. The lowest BCUT2D eigenvalue weighted by molar-refractivity contribution is -0.120. The van der Waals surface area contributed by atoms with Gasteiger partial charge < -0.3 is 0 Å². The first kappa shape index (κ1) is 13.8. The molecule has 0 aliphatic rings. The number of alkyl halides is 3. The number of rotatable bonds is 4. The van der Waals surface area contributed by atoms with Crippen molar-refractivity contribution in [3.63, 3.8) is 0 Å². The predicted molar refractivity (Wildman–Crippen MR) is 54.7 cm³/mol. The summed E-state index contributed by atoms with van der Waals surface area (Å²) in [4.78, 5) is 21.2. The van der Waals surface area contributed by atoms with E-state index in [1.165, 1.54) is 0 Å². The Kier molecular flexibility index (Phi) is 5.96. The summed E-state index contributed by atoms with van der Waals surface area (Å²) in [6.45, 7) is 0. The van der Waals surface area contributed by atoms with Crippen LogP contribution < -0.4 is 0 Å². The molecule has 0 aromatic heterocycles. The monoisotopic (exact) mass is 284 g/mol. The number of carbonyl (C=O) groups is 2. The van der Waals surface area contributed by atoms with Crippen molar-refractivity contribution in [1.29, 1.82) is 0 Å². The molecule has 2 nitrogen and oxygen atoms in total. The molecule has 0 N–H and O–H groups in total. The van der Waals surface area contributed by atoms with Crippen LogP contribution >= 0.6 is 58.0 Å². The summed E-state index contributed by atoms with van der Waals surface area (Å²) in [6, 6.07) is 0. The van der Waals surface area contributed by atoms with Gasteiger partial charge in [0.2, 0.25) is 10.5 Å². The highest BCUT2D eigenvalue weighted by molar-refractivity contribution is 6.69. The highest BCUT2D eigenvalue weighted by atomic mass is 35.6. The predicted octanol–water partition coefficient (Wildman–Crippen LogP) is 3.28. The molecule has 0 aliphatic carbocycles. The van der Waals surface area contributed by atoms with Crippen molar-refractivity contribution in [3.05, 3.63) is 0 Å². The molecule has 0 spiro atoms. The second-order valence-corrected chi connectivity index (χ2v) is 5.69. The van der Waals surface area contributed by atoms with Crippen LogP contribution in [0.4, 0.5) is 0 Å². The summed E-state index contributed by atoms with van der Waals surface area (Å²) in [7, 11) is 0. The molecule has 0 saturated carbocycles. The van der Waals surface area contributed by atoms with E-state index in [9.17, 15) is 9.59 Å². The molecular formula is C6H5Cl5O2. The van der Waals surface area contributed by atoms with Gasteiger partial charge in [-0.05, 0) is 23.2 Å². The molecule has 0 fully saturated rings. The van der Waals surface area contributed by atoms with Crippen LogP contribution in [0.1, 0.15) is 12.8 Å². The van der Waals surface area contributed by atoms with Crippen molar-refractivity contribution < 1.29 is 9.59 Å². The van der Waals surface area contributed by atoms with Gasteiger partial charge in [-0.25, -0.2) is 0 Å². The molecule has 0 rings (SSSR count). The van der Waals surface area contributed by atoms with Gasteiger partial charge in [0.25, 0.3) is 0 Å².